The lowest BCUT2D eigenvalue weighted by atomic mass is 9.97. The van der Waals surface area contributed by atoms with Crippen molar-refractivity contribution >= 4 is 23.3 Å². The van der Waals surface area contributed by atoms with Gasteiger partial charge in [0.05, 0.1) is 4.92 Å². The number of rotatable bonds is 9. The van der Waals surface area contributed by atoms with Crippen LogP contribution in [0, 0.1) is 10.1 Å². The van der Waals surface area contributed by atoms with Gasteiger partial charge in [0.2, 0.25) is 0 Å². The number of non-ortho nitro benzene ring substituents is 1. The molecule has 0 radical (unpaired) electrons. The minimum Gasteiger partial charge on any atom is -0.482 e. The summed E-state index contributed by atoms with van der Waals surface area (Å²) in [5, 5.41) is 13.4. The highest BCUT2D eigenvalue weighted by Crippen LogP contribution is 2.26. The number of hydrogen-bond acceptors (Lipinski definition) is 6. The number of anilines is 1. The number of nitro groups is 1. The quantitative estimate of drug-likeness (QED) is 0.386. The summed E-state index contributed by atoms with van der Waals surface area (Å²) < 4.78 is 10.3. The number of esters is 1. The molecule has 2 aromatic carbocycles. The van der Waals surface area contributed by atoms with Gasteiger partial charge in [-0.2, -0.15) is 0 Å². The first-order chi connectivity index (χ1) is 13.8. The smallest absolute Gasteiger partial charge is 0.344 e. The number of carbonyl (C=O) groups is 2. The number of benzene rings is 2. The van der Waals surface area contributed by atoms with Gasteiger partial charge in [-0.25, -0.2) is 4.79 Å². The molecule has 0 fully saturated rings. The van der Waals surface area contributed by atoms with E-state index in [4.69, 9.17) is 9.47 Å². The largest absolute Gasteiger partial charge is 0.482 e. The standard InChI is InChI=1S/C21H24N2O6/c1-4-14(2)18-7-5-6-8-19(18)22-21(25)15(3)29-20(24)13-28-17-11-9-16(10-12-17)23(26)27/h5-12,14-15H,4,13H2,1-3H3,(H,22,25)/t14-,15-/m0/s1. The number of hydrogen-bond donors (Lipinski definition) is 1. The lowest BCUT2D eigenvalue weighted by molar-refractivity contribution is -0.384. The first kappa shape index (κ1) is 21.9. The van der Waals surface area contributed by atoms with Crippen LogP contribution in [0.3, 0.4) is 0 Å². The Morgan fingerprint density at radius 2 is 1.76 bits per heavy atom. The van der Waals surface area contributed by atoms with E-state index in [9.17, 15) is 19.7 Å². The van der Waals surface area contributed by atoms with Crippen LogP contribution in [-0.4, -0.2) is 29.5 Å². The van der Waals surface area contributed by atoms with Crippen molar-refractivity contribution in [2.45, 2.75) is 39.2 Å². The van der Waals surface area contributed by atoms with Crippen molar-refractivity contribution in [1.29, 1.82) is 0 Å². The van der Waals surface area contributed by atoms with Crippen LogP contribution in [0.2, 0.25) is 0 Å². The molecule has 2 rings (SSSR count). The molecule has 8 nitrogen and oxygen atoms in total. The normalized spacial score (nSPS) is 12.5. The third-order valence-electron chi connectivity index (χ3n) is 4.44. The van der Waals surface area contributed by atoms with E-state index in [1.165, 1.54) is 31.2 Å². The van der Waals surface area contributed by atoms with E-state index >= 15 is 0 Å². The predicted octanol–water partition coefficient (Wildman–Crippen LogP) is 4.06. The van der Waals surface area contributed by atoms with Crippen LogP contribution in [0.1, 0.15) is 38.7 Å². The molecule has 154 valence electrons. The molecule has 0 aliphatic heterocycles. The average Bonchev–Trinajstić information content (AvgIpc) is 2.72. The second-order valence-corrected chi connectivity index (χ2v) is 6.56. The lowest BCUT2D eigenvalue weighted by Gasteiger charge is -2.18. The zero-order valence-electron chi connectivity index (χ0n) is 16.6. The minimum atomic E-state index is -1.01. The Hall–Kier alpha value is -3.42. The van der Waals surface area contributed by atoms with Crippen LogP contribution < -0.4 is 10.1 Å². The second kappa shape index (κ2) is 10.2. The first-order valence-corrected chi connectivity index (χ1v) is 9.28. The molecule has 1 N–H and O–H groups in total. The average molecular weight is 400 g/mol. The summed E-state index contributed by atoms with van der Waals surface area (Å²) in [5.41, 5.74) is 1.63. The number of carbonyl (C=O) groups excluding carboxylic acids is 2. The Morgan fingerprint density at radius 1 is 1.10 bits per heavy atom. The van der Waals surface area contributed by atoms with E-state index in [0.29, 0.717) is 5.69 Å². The molecular formula is C21H24N2O6. The van der Waals surface area contributed by atoms with Crippen LogP contribution in [0.25, 0.3) is 0 Å². The highest BCUT2D eigenvalue weighted by Gasteiger charge is 2.20. The highest BCUT2D eigenvalue weighted by atomic mass is 16.6. The Bertz CT molecular complexity index is 866. The maximum atomic E-state index is 12.4. The van der Waals surface area contributed by atoms with Crippen molar-refractivity contribution in [2.75, 3.05) is 11.9 Å². The number of para-hydroxylation sites is 1. The number of ether oxygens (including phenoxy) is 2. The van der Waals surface area contributed by atoms with E-state index < -0.39 is 29.5 Å². The first-order valence-electron chi connectivity index (χ1n) is 9.28. The van der Waals surface area contributed by atoms with Gasteiger partial charge in [-0.05, 0) is 43.0 Å². The summed E-state index contributed by atoms with van der Waals surface area (Å²) in [7, 11) is 0. The molecular weight excluding hydrogens is 376 g/mol. The maximum absolute atomic E-state index is 12.4. The van der Waals surface area contributed by atoms with Gasteiger partial charge >= 0.3 is 5.97 Å². The number of nitro benzene ring substituents is 1. The van der Waals surface area contributed by atoms with Crippen molar-refractivity contribution in [3.05, 3.63) is 64.2 Å². The Balaban J connectivity index is 1.87. The minimum absolute atomic E-state index is 0.0807. The Kier molecular flexibility index (Phi) is 7.70. The lowest BCUT2D eigenvalue weighted by Crippen LogP contribution is -2.32. The zero-order chi connectivity index (χ0) is 21.4. The van der Waals surface area contributed by atoms with Crippen molar-refractivity contribution in [2.24, 2.45) is 0 Å². The summed E-state index contributed by atoms with van der Waals surface area (Å²) in [4.78, 5) is 34.4. The van der Waals surface area contributed by atoms with Gasteiger partial charge in [-0.15, -0.1) is 0 Å². The topological polar surface area (TPSA) is 108 Å². The van der Waals surface area contributed by atoms with Crippen LogP contribution in [-0.2, 0) is 14.3 Å². The Labute approximate surface area is 169 Å². The van der Waals surface area contributed by atoms with Gasteiger partial charge in [0.15, 0.2) is 12.7 Å². The molecule has 2 atom stereocenters. The maximum Gasteiger partial charge on any atom is 0.344 e. The van der Waals surface area contributed by atoms with E-state index in [2.05, 4.69) is 19.2 Å². The fourth-order valence-electron chi connectivity index (χ4n) is 2.59. The second-order valence-electron chi connectivity index (χ2n) is 6.56. The molecule has 0 spiro atoms. The van der Waals surface area contributed by atoms with Gasteiger partial charge in [-0.3, -0.25) is 14.9 Å². The molecule has 0 unspecified atom stereocenters. The highest BCUT2D eigenvalue weighted by molar-refractivity contribution is 5.95. The van der Waals surface area contributed by atoms with Crippen molar-refractivity contribution in [3.63, 3.8) is 0 Å². The molecule has 0 saturated carbocycles. The molecule has 2 aromatic rings. The summed E-state index contributed by atoms with van der Waals surface area (Å²) >= 11 is 0. The molecule has 0 aromatic heterocycles. The monoisotopic (exact) mass is 400 g/mol. The van der Waals surface area contributed by atoms with Gasteiger partial charge in [0.25, 0.3) is 11.6 Å². The number of nitrogens with one attached hydrogen (secondary N) is 1. The van der Waals surface area contributed by atoms with Gasteiger partial charge < -0.3 is 14.8 Å². The summed E-state index contributed by atoms with van der Waals surface area (Å²) in [6, 6.07) is 12.8. The molecule has 8 heteroatoms. The summed E-state index contributed by atoms with van der Waals surface area (Å²) in [5.74, 6) is -0.600. The van der Waals surface area contributed by atoms with Gasteiger partial charge in [0, 0.05) is 17.8 Å². The van der Waals surface area contributed by atoms with Crippen molar-refractivity contribution in [1.82, 2.24) is 0 Å². The zero-order valence-corrected chi connectivity index (χ0v) is 16.6. The van der Waals surface area contributed by atoms with E-state index in [0.717, 1.165) is 12.0 Å². The third-order valence-corrected chi connectivity index (χ3v) is 4.44. The van der Waals surface area contributed by atoms with Crippen molar-refractivity contribution in [3.8, 4) is 5.75 Å². The summed E-state index contributed by atoms with van der Waals surface area (Å²) in [6.45, 7) is 5.20. The fourth-order valence-corrected chi connectivity index (χ4v) is 2.59. The predicted molar refractivity (Wildman–Crippen MR) is 108 cm³/mol. The fraction of sp³-hybridized carbons (Fsp3) is 0.333. The molecule has 0 aliphatic carbocycles. The Morgan fingerprint density at radius 3 is 2.38 bits per heavy atom. The number of nitrogens with zero attached hydrogens (tertiary/aromatic N) is 1. The molecule has 0 aliphatic rings. The van der Waals surface area contributed by atoms with E-state index in [-0.39, 0.29) is 17.4 Å². The van der Waals surface area contributed by atoms with Crippen LogP contribution >= 0.6 is 0 Å². The van der Waals surface area contributed by atoms with E-state index in [1.807, 2.05) is 24.3 Å². The number of amides is 1. The molecule has 0 saturated heterocycles. The van der Waals surface area contributed by atoms with E-state index in [1.54, 1.807) is 0 Å². The molecule has 0 bridgehead atoms. The molecule has 0 heterocycles. The molecule has 29 heavy (non-hydrogen) atoms. The van der Waals surface area contributed by atoms with Crippen molar-refractivity contribution < 1.29 is 24.0 Å². The van der Waals surface area contributed by atoms with Gasteiger partial charge in [-0.1, -0.05) is 32.0 Å². The van der Waals surface area contributed by atoms with Gasteiger partial charge in [0.1, 0.15) is 5.75 Å². The third kappa shape index (κ3) is 6.31. The van der Waals surface area contributed by atoms with Crippen LogP contribution in [0.15, 0.2) is 48.5 Å². The SMILES string of the molecule is CC[C@H](C)c1ccccc1NC(=O)[C@H](C)OC(=O)COc1ccc([N+](=O)[O-])cc1. The molecule has 1 amide bonds. The van der Waals surface area contributed by atoms with Crippen LogP contribution in [0.5, 0.6) is 5.75 Å². The summed E-state index contributed by atoms with van der Waals surface area (Å²) in [6.07, 6.45) is -0.0785. The van der Waals surface area contributed by atoms with Crippen LogP contribution in [0.4, 0.5) is 11.4 Å².